The molecule has 0 amide bonds. The monoisotopic (exact) mass is 454 g/mol. The molecule has 3 aliphatic rings. The Morgan fingerprint density at radius 3 is 2.69 bits per heavy atom. The second-order valence-corrected chi connectivity index (χ2v) is 9.24. The fourth-order valence-electron chi connectivity index (χ4n) is 5.37. The van der Waals surface area contributed by atoms with Crippen molar-refractivity contribution in [3.05, 3.63) is 41.5 Å². The summed E-state index contributed by atoms with van der Waals surface area (Å²) >= 11 is 0. The summed E-state index contributed by atoms with van der Waals surface area (Å²) in [5.41, 5.74) is 0.804. The quantitative estimate of drug-likeness (QED) is 0.312. The number of terminal acetylenes is 1. The van der Waals surface area contributed by atoms with Crippen LogP contribution < -0.4 is 4.52 Å². The van der Waals surface area contributed by atoms with Gasteiger partial charge < -0.3 is 9.26 Å². The first kappa shape index (κ1) is 22.7. The molecule has 5 atom stereocenters. The Morgan fingerprint density at radius 2 is 2.03 bits per heavy atom. The number of allylic oxidation sites excluding steroid dienone is 1. The summed E-state index contributed by atoms with van der Waals surface area (Å²) in [5.74, 6) is 12.0. The molecule has 1 heterocycles. The van der Waals surface area contributed by atoms with E-state index < -0.39 is 19.2 Å². The van der Waals surface area contributed by atoms with Crippen LogP contribution in [0.5, 0.6) is 5.75 Å². The molecule has 5 unspecified atom stereocenters. The molecular formula is C24H23O7P. The first-order chi connectivity index (χ1) is 15.3. The molecule has 0 radical (unpaired) electrons. The first-order valence-electron chi connectivity index (χ1n) is 10.2. The predicted octanol–water partition coefficient (Wildman–Crippen LogP) is 3.29. The van der Waals surface area contributed by atoms with Gasteiger partial charge >= 0.3 is 7.82 Å². The van der Waals surface area contributed by atoms with Gasteiger partial charge in [-0.05, 0) is 55.6 Å². The third kappa shape index (κ3) is 3.57. The molecule has 1 aromatic rings. The van der Waals surface area contributed by atoms with Gasteiger partial charge in [-0.1, -0.05) is 36.1 Å². The maximum Gasteiger partial charge on any atom is 0.524 e. The molecule has 0 aromatic heterocycles. The van der Waals surface area contributed by atoms with Crippen molar-refractivity contribution in [1.29, 1.82) is 0 Å². The van der Waals surface area contributed by atoms with Gasteiger partial charge in [-0.3, -0.25) is 9.79 Å². The van der Waals surface area contributed by atoms with Crippen LogP contribution in [0.3, 0.4) is 0 Å². The summed E-state index contributed by atoms with van der Waals surface area (Å²) in [5, 5.41) is 0. The van der Waals surface area contributed by atoms with Gasteiger partial charge in [0.05, 0.1) is 0 Å². The van der Waals surface area contributed by atoms with E-state index in [0.29, 0.717) is 5.56 Å². The van der Waals surface area contributed by atoms with Crippen LogP contribution in [0.4, 0.5) is 0 Å². The fraction of sp³-hybridized carbons (Fsp3) is 0.417. The van der Waals surface area contributed by atoms with Gasteiger partial charge in [-0.25, -0.2) is 9.45 Å². The summed E-state index contributed by atoms with van der Waals surface area (Å²) in [6.45, 7) is 2.05. The van der Waals surface area contributed by atoms with E-state index in [9.17, 15) is 14.4 Å². The van der Waals surface area contributed by atoms with Crippen LogP contribution in [0.25, 0.3) is 0 Å². The summed E-state index contributed by atoms with van der Waals surface area (Å²) in [4.78, 5) is 30.1. The van der Waals surface area contributed by atoms with Crippen LogP contribution in [-0.2, 0) is 24.9 Å². The predicted molar refractivity (Wildman–Crippen MR) is 115 cm³/mol. The minimum absolute atomic E-state index is 0.00652. The van der Waals surface area contributed by atoms with Crippen molar-refractivity contribution in [1.82, 2.24) is 0 Å². The van der Waals surface area contributed by atoms with E-state index in [1.54, 1.807) is 12.1 Å². The standard InChI is InChI=1S/C24H23O7P/c1-4-5-6-7-10-18-15-17(2)21-13-9-14-22(18)23(21)24(28-3,31-30-23)19-11-8-12-20(16-19)29-32(25,26)27/h1,8,11-12,15-16,18,21-22H,9,13-14H2,2-3H3,(H2,25,26,27). The van der Waals surface area contributed by atoms with Gasteiger partial charge in [0, 0.05) is 30.4 Å². The van der Waals surface area contributed by atoms with Crippen LogP contribution in [0.15, 0.2) is 35.9 Å². The average Bonchev–Trinajstić information content (AvgIpc) is 2.73. The number of methoxy groups -OCH3 is 1. The molecule has 1 aliphatic heterocycles. The Bertz CT molecular complexity index is 1150. The number of phosphoric ester groups is 1. The molecule has 2 N–H and O–H groups in total. The summed E-state index contributed by atoms with van der Waals surface area (Å²) in [6.07, 6.45) is 10.1. The molecule has 32 heavy (non-hydrogen) atoms. The molecule has 7 nitrogen and oxygen atoms in total. The molecule has 2 fully saturated rings. The summed E-state index contributed by atoms with van der Waals surface area (Å²) in [6, 6.07) is 6.37. The van der Waals surface area contributed by atoms with Crippen molar-refractivity contribution < 1.29 is 33.4 Å². The summed E-state index contributed by atoms with van der Waals surface area (Å²) in [7, 11) is -3.19. The zero-order chi connectivity index (χ0) is 23.0. The largest absolute Gasteiger partial charge is 0.524 e. The van der Waals surface area contributed by atoms with Crippen molar-refractivity contribution in [2.45, 2.75) is 37.6 Å². The highest BCUT2D eigenvalue weighted by Crippen LogP contribution is 2.65. The zero-order valence-electron chi connectivity index (χ0n) is 17.7. The van der Waals surface area contributed by atoms with Crippen LogP contribution >= 0.6 is 7.82 Å². The van der Waals surface area contributed by atoms with E-state index in [1.165, 1.54) is 19.2 Å². The number of hydrogen-bond donors (Lipinski definition) is 2. The van der Waals surface area contributed by atoms with Crippen LogP contribution in [0.1, 0.15) is 31.7 Å². The molecule has 8 heteroatoms. The molecule has 166 valence electrons. The molecule has 1 saturated heterocycles. The van der Waals surface area contributed by atoms with Crippen molar-refractivity contribution in [3.8, 4) is 41.8 Å². The van der Waals surface area contributed by atoms with E-state index in [-0.39, 0.29) is 23.5 Å². The van der Waals surface area contributed by atoms with Crippen LogP contribution in [-0.4, -0.2) is 22.5 Å². The lowest BCUT2D eigenvalue weighted by atomic mass is 9.53. The van der Waals surface area contributed by atoms with Gasteiger partial charge in [0.15, 0.2) is 5.60 Å². The van der Waals surface area contributed by atoms with Gasteiger partial charge in [0.1, 0.15) is 5.75 Å². The number of phosphoric acid groups is 1. The third-order valence-corrected chi connectivity index (χ3v) is 6.92. The Balaban J connectivity index is 1.80. The van der Waals surface area contributed by atoms with E-state index in [2.05, 4.69) is 35.7 Å². The van der Waals surface area contributed by atoms with Gasteiger partial charge in [0.2, 0.25) is 0 Å². The minimum atomic E-state index is -4.72. The van der Waals surface area contributed by atoms with Gasteiger partial charge in [-0.2, -0.15) is 4.89 Å². The number of hydrogen-bond acceptors (Lipinski definition) is 5. The molecule has 2 bridgehead atoms. The Morgan fingerprint density at radius 1 is 1.22 bits per heavy atom. The average molecular weight is 454 g/mol. The third-order valence-electron chi connectivity index (χ3n) is 6.48. The number of benzene rings is 1. The van der Waals surface area contributed by atoms with Crippen LogP contribution in [0.2, 0.25) is 0 Å². The number of ether oxygens (including phenoxy) is 1. The molecule has 4 rings (SSSR count). The maximum atomic E-state index is 11.3. The smallest absolute Gasteiger partial charge is 0.404 e. The Kier molecular flexibility index (Phi) is 5.97. The lowest BCUT2D eigenvalue weighted by molar-refractivity contribution is -0.639. The first-order valence-corrected chi connectivity index (χ1v) is 11.7. The highest BCUT2D eigenvalue weighted by Gasteiger charge is 2.75. The SMILES string of the molecule is C#CC#CC#CC1C=C(C)C2CCCC1C21OOC1(OC)c1cccc(OP(=O)(O)O)c1. The highest BCUT2D eigenvalue weighted by atomic mass is 31.2. The lowest BCUT2D eigenvalue weighted by Gasteiger charge is -2.65. The molecule has 1 spiro atoms. The topological polar surface area (TPSA) is 94.5 Å². The second-order valence-electron chi connectivity index (χ2n) is 8.08. The van der Waals surface area contributed by atoms with Gasteiger partial charge in [0.25, 0.3) is 5.79 Å². The molecular weight excluding hydrogens is 431 g/mol. The van der Waals surface area contributed by atoms with Gasteiger partial charge in [-0.15, -0.1) is 6.42 Å². The zero-order valence-corrected chi connectivity index (χ0v) is 18.6. The fourth-order valence-corrected chi connectivity index (χ4v) is 5.76. The Labute approximate surface area is 187 Å². The lowest BCUT2D eigenvalue weighted by Crippen LogP contribution is -2.75. The summed E-state index contributed by atoms with van der Waals surface area (Å²) < 4.78 is 22.1. The van der Waals surface area contributed by atoms with Crippen LogP contribution in [0, 0.1) is 53.8 Å². The second kappa shape index (κ2) is 8.43. The van der Waals surface area contributed by atoms with Crippen molar-refractivity contribution in [2.75, 3.05) is 7.11 Å². The van der Waals surface area contributed by atoms with E-state index in [0.717, 1.165) is 24.8 Å². The van der Waals surface area contributed by atoms with Crippen molar-refractivity contribution in [3.63, 3.8) is 0 Å². The molecule has 1 saturated carbocycles. The molecule has 1 aromatic carbocycles. The van der Waals surface area contributed by atoms with E-state index in [4.69, 9.17) is 25.5 Å². The normalized spacial score (nSPS) is 32.8. The molecule has 2 aliphatic carbocycles. The highest BCUT2D eigenvalue weighted by molar-refractivity contribution is 7.46. The minimum Gasteiger partial charge on any atom is -0.404 e. The van der Waals surface area contributed by atoms with E-state index >= 15 is 0 Å². The van der Waals surface area contributed by atoms with Crippen molar-refractivity contribution in [2.24, 2.45) is 17.8 Å². The number of rotatable bonds is 4. The van der Waals surface area contributed by atoms with Crippen molar-refractivity contribution >= 4 is 7.82 Å². The maximum absolute atomic E-state index is 11.3. The van der Waals surface area contributed by atoms with E-state index in [1.807, 2.05) is 6.92 Å². The Hall–Kier alpha value is -2.53.